The lowest BCUT2D eigenvalue weighted by Gasteiger charge is -2.08. The largest absolute Gasteiger partial charge is 0.741 e. The highest BCUT2D eigenvalue weighted by Crippen LogP contribution is 2.20. The van der Waals surface area contributed by atoms with Crippen molar-refractivity contribution < 1.29 is 46.0 Å². The minimum absolute atomic E-state index is 0.0352. The highest BCUT2D eigenvalue weighted by atomic mass is 32.2. The number of aromatic nitrogens is 2. The van der Waals surface area contributed by atoms with E-state index in [0.717, 1.165) is 0 Å². The molecule has 22 heavy (non-hydrogen) atoms. The van der Waals surface area contributed by atoms with Crippen LogP contribution in [0.3, 0.4) is 0 Å². The summed E-state index contributed by atoms with van der Waals surface area (Å²) in [6.45, 7) is 2.65. The first-order valence-corrected chi connectivity index (χ1v) is 7.37. The van der Waals surface area contributed by atoms with Crippen molar-refractivity contribution in [2.45, 2.75) is 31.6 Å². The first-order valence-electron chi connectivity index (χ1n) is 5.96. The molecule has 0 saturated heterocycles. The van der Waals surface area contributed by atoms with E-state index in [0.29, 0.717) is 18.9 Å². The average molecular weight is 350 g/mol. The SMILES string of the molecule is CC(O)c1n(CCO)cc[n+]1CCO.O=S(=O)([O-])C(F)(F)F. The quantitative estimate of drug-likeness (QED) is 0.350. The molecule has 1 atom stereocenters. The fraction of sp³-hybridized carbons (Fsp3) is 0.700. The zero-order valence-electron chi connectivity index (χ0n) is 11.6. The first-order chi connectivity index (χ1) is 9.95. The van der Waals surface area contributed by atoms with Crippen molar-refractivity contribution >= 4 is 10.1 Å². The second kappa shape index (κ2) is 8.43. The molecular formula is C10H17F3N2O6S. The van der Waals surface area contributed by atoms with Gasteiger partial charge in [-0.15, -0.1) is 0 Å². The number of nitrogens with zero attached hydrogens (tertiary/aromatic N) is 2. The van der Waals surface area contributed by atoms with Gasteiger partial charge in [-0.25, -0.2) is 17.6 Å². The third-order valence-corrected chi connectivity index (χ3v) is 2.92. The van der Waals surface area contributed by atoms with Gasteiger partial charge in [0.05, 0.1) is 13.2 Å². The Morgan fingerprint density at radius 3 is 2.18 bits per heavy atom. The van der Waals surface area contributed by atoms with Crippen LogP contribution in [0.1, 0.15) is 18.9 Å². The van der Waals surface area contributed by atoms with Gasteiger partial charge in [-0.2, -0.15) is 13.2 Å². The van der Waals surface area contributed by atoms with Gasteiger partial charge in [0, 0.05) is 0 Å². The molecule has 0 aromatic carbocycles. The molecule has 8 nitrogen and oxygen atoms in total. The lowest BCUT2D eigenvalue weighted by atomic mass is 10.3. The van der Waals surface area contributed by atoms with Crippen molar-refractivity contribution in [2.75, 3.05) is 13.2 Å². The Labute approximate surface area is 124 Å². The van der Waals surface area contributed by atoms with Crippen molar-refractivity contribution in [1.29, 1.82) is 0 Å². The summed E-state index contributed by atoms with van der Waals surface area (Å²) >= 11 is 0. The zero-order valence-corrected chi connectivity index (χ0v) is 12.4. The molecule has 1 aromatic rings. The molecule has 12 heteroatoms. The smallest absolute Gasteiger partial charge is 0.485 e. The predicted molar refractivity (Wildman–Crippen MR) is 65.2 cm³/mol. The van der Waals surface area contributed by atoms with Crippen molar-refractivity contribution in [1.82, 2.24) is 4.57 Å². The third-order valence-electron chi connectivity index (χ3n) is 2.35. The number of aliphatic hydroxyl groups is 3. The number of halogens is 3. The summed E-state index contributed by atoms with van der Waals surface area (Å²) in [5, 5.41) is 27.1. The maximum Gasteiger partial charge on any atom is 0.485 e. The summed E-state index contributed by atoms with van der Waals surface area (Å²) in [5.74, 6) is 0.702. The van der Waals surface area contributed by atoms with E-state index in [2.05, 4.69) is 0 Å². The highest BCUT2D eigenvalue weighted by molar-refractivity contribution is 7.86. The van der Waals surface area contributed by atoms with Crippen LogP contribution >= 0.6 is 0 Å². The molecule has 3 N–H and O–H groups in total. The summed E-state index contributed by atoms with van der Waals surface area (Å²) in [6.07, 6.45) is 2.96. The van der Waals surface area contributed by atoms with Gasteiger partial charge >= 0.3 is 5.51 Å². The Bertz CT molecular complexity index is 532. The van der Waals surface area contributed by atoms with E-state index < -0.39 is 21.7 Å². The Balaban J connectivity index is 0.000000472. The van der Waals surface area contributed by atoms with E-state index >= 15 is 0 Å². The van der Waals surface area contributed by atoms with Gasteiger partial charge in [0.1, 0.15) is 25.5 Å². The van der Waals surface area contributed by atoms with Crippen molar-refractivity contribution in [3.63, 3.8) is 0 Å². The molecule has 0 amide bonds. The molecule has 1 aromatic heterocycles. The second-order valence-electron chi connectivity index (χ2n) is 4.07. The average Bonchev–Trinajstić information content (AvgIpc) is 2.71. The second-order valence-corrected chi connectivity index (χ2v) is 5.44. The van der Waals surface area contributed by atoms with Crippen LogP contribution in [0, 0.1) is 0 Å². The minimum atomic E-state index is -6.09. The summed E-state index contributed by atoms with van der Waals surface area (Å²) in [4.78, 5) is 0. The monoisotopic (exact) mass is 350 g/mol. The Morgan fingerprint density at radius 1 is 1.36 bits per heavy atom. The third kappa shape index (κ3) is 6.27. The van der Waals surface area contributed by atoms with Crippen molar-refractivity contribution in [3.05, 3.63) is 18.2 Å². The van der Waals surface area contributed by atoms with Gasteiger partial charge in [-0.05, 0) is 6.92 Å². The van der Waals surface area contributed by atoms with Crippen LogP contribution in [0.25, 0.3) is 0 Å². The van der Waals surface area contributed by atoms with E-state index in [1.165, 1.54) is 0 Å². The van der Waals surface area contributed by atoms with E-state index in [4.69, 9.17) is 23.2 Å². The van der Waals surface area contributed by atoms with Crippen LogP contribution in [0.4, 0.5) is 13.2 Å². The fourth-order valence-corrected chi connectivity index (χ4v) is 1.55. The fourth-order valence-electron chi connectivity index (χ4n) is 1.55. The lowest BCUT2D eigenvalue weighted by molar-refractivity contribution is -0.708. The van der Waals surface area contributed by atoms with Gasteiger partial charge < -0.3 is 19.9 Å². The number of rotatable bonds is 5. The van der Waals surface area contributed by atoms with Crippen molar-refractivity contribution in [3.8, 4) is 0 Å². The molecule has 0 aliphatic rings. The maximum absolute atomic E-state index is 10.7. The molecule has 1 heterocycles. The zero-order chi connectivity index (χ0) is 17.6. The van der Waals surface area contributed by atoms with Crippen LogP contribution in [-0.4, -0.2) is 51.6 Å². The van der Waals surface area contributed by atoms with Gasteiger partial charge in [0.15, 0.2) is 16.2 Å². The minimum Gasteiger partial charge on any atom is -0.741 e. The van der Waals surface area contributed by atoms with E-state index in [1.54, 1.807) is 28.5 Å². The molecule has 0 radical (unpaired) electrons. The molecule has 0 aliphatic carbocycles. The summed E-state index contributed by atoms with van der Waals surface area (Å²) < 4.78 is 62.5. The molecule has 130 valence electrons. The summed E-state index contributed by atoms with van der Waals surface area (Å²) in [6, 6.07) is 0. The standard InChI is InChI=1S/C9H17N2O3.CHF3O3S/c1-8(14)9-10(4-6-12)2-3-11(9)5-7-13;2-1(3,4)8(5,6)7/h2-3,8,12-14H,4-7H2,1H3;(H,5,6,7)/q+1;/p-1. The van der Waals surface area contributed by atoms with Crippen LogP contribution in [-0.2, 0) is 23.2 Å². The molecule has 0 aliphatic heterocycles. The number of aliphatic hydroxyl groups excluding tert-OH is 3. The van der Waals surface area contributed by atoms with E-state index in [9.17, 15) is 18.3 Å². The van der Waals surface area contributed by atoms with Crippen LogP contribution < -0.4 is 4.57 Å². The normalized spacial score (nSPS) is 13.5. The molecule has 0 spiro atoms. The molecule has 1 rings (SSSR count). The Hall–Kier alpha value is -1.21. The number of hydrogen-bond donors (Lipinski definition) is 3. The summed E-state index contributed by atoms with van der Waals surface area (Å²) in [7, 11) is -6.09. The molecule has 1 unspecified atom stereocenters. The predicted octanol–water partition coefficient (Wildman–Crippen LogP) is -1.14. The number of alkyl halides is 3. The summed E-state index contributed by atoms with van der Waals surface area (Å²) in [5.41, 5.74) is -5.65. The van der Waals surface area contributed by atoms with Gasteiger partial charge in [-0.1, -0.05) is 0 Å². The van der Waals surface area contributed by atoms with Crippen molar-refractivity contribution in [2.24, 2.45) is 0 Å². The van der Waals surface area contributed by atoms with Crippen LogP contribution in [0.2, 0.25) is 0 Å². The van der Waals surface area contributed by atoms with Gasteiger partial charge in [0.2, 0.25) is 0 Å². The molecule has 0 saturated carbocycles. The van der Waals surface area contributed by atoms with E-state index in [1.807, 2.05) is 0 Å². The first kappa shape index (κ1) is 20.8. The van der Waals surface area contributed by atoms with Gasteiger partial charge in [0.25, 0.3) is 5.82 Å². The lowest BCUT2D eigenvalue weighted by Crippen LogP contribution is -2.40. The maximum atomic E-state index is 10.7. The number of hydrogen-bond acceptors (Lipinski definition) is 6. The topological polar surface area (TPSA) is 127 Å². The molecule has 0 fully saturated rings. The Kier molecular flexibility index (Phi) is 7.97. The Morgan fingerprint density at radius 2 is 1.86 bits per heavy atom. The van der Waals surface area contributed by atoms with E-state index in [-0.39, 0.29) is 13.2 Å². The number of imidazole rings is 1. The highest BCUT2D eigenvalue weighted by Gasteiger charge is 2.36. The molecular weight excluding hydrogens is 333 g/mol. The van der Waals surface area contributed by atoms with Gasteiger partial charge in [-0.3, -0.25) is 0 Å². The molecule has 0 bridgehead atoms. The van der Waals surface area contributed by atoms with Crippen LogP contribution in [0.5, 0.6) is 0 Å². The van der Waals surface area contributed by atoms with Crippen LogP contribution in [0.15, 0.2) is 12.4 Å².